The molecule has 0 aliphatic heterocycles. The Balaban J connectivity index is 1.80. The molecule has 218 valence electrons. The molecule has 4 aromatic rings. The minimum Gasteiger partial charge on any atom is -0.357 e. The van der Waals surface area contributed by atoms with Gasteiger partial charge in [-0.25, -0.2) is 8.42 Å². The molecule has 0 spiro atoms. The number of carbonyl (C=O) groups excluding carboxylic acids is 2. The number of sulfonamides is 1. The van der Waals surface area contributed by atoms with Crippen LogP contribution in [0.15, 0.2) is 108 Å². The first-order valence-corrected chi connectivity index (χ1v) is 15.4. The highest BCUT2D eigenvalue weighted by Gasteiger charge is 2.34. The number of amides is 2. The van der Waals surface area contributed by atoms with E-state index >= 15 is 0 Å². The fraction of sp³-hybridized carbons (Fsp3) is 0.212. The lowest BCUT2D eigenvalue weighted by molar-refractivity contribution is -0.139. The zero-order valence-corrected chi connectivity index (χ0v) is 25.4. The van der Waals surface area contributed by atoms with Crippen molar-refractivity contribution in [2.45, 2.75) is 37.8 Å². The fourth-order valence-electron chi connectivity index (χ4n) is 4.83. The number of aryl methyl sites for hydroxylation is 2. The molecule has 2 amide bonds. The van der Waals surface area contributed by atoms with E-state index in [1.54, 1.807) is 48.5 Å². The molecule has 4 rings (SSSR count). The molecule has 1 N–H and O–H groups in total. The van der Waals surface area contributed by atoms with Gasteiger partial charge < -0.3 is 10.2 Å². The van der Waals surface area contributed by atoms with Crippen LogP contribution in [0.1, 0.15) is 22.3 Å². The van der Waals surface area contributed by atoms with Crippen LogP contribution in [0.4, 0.5) is 5.69 Å². The Morgan fingerprint density at radius 3 is 2.05 bits per heavy atom. The molecular formula is C33H34ClN3O4S. The summed E-state index contributed by atoms with van der Waals surface area (Å²) in [6.45, 7) is 3.31. The van der Waals surface area contributed by atoms with Crippen LogP contribution in [-0.4, -0.2) is 44.8 Å². The average molecular weight is 604 g/mol. The number of benzene rings is 4. The van der Waals surface area contributed by atoms with E-state index in [1.807, 2.05) is 56.3 Å². The lowest BCUT2D eigenvalue weighted by Crippen LogP contribution is -2.53. The summed E-state index contributed by atoms with van der Waals surface area (Å²) >= 11 is 6.11. The molecule has 9 heteroatoms. The summed E-state index contributed by atoms with van der Waals surface area (Å²) in [4.78, 5) is 29.1. The maximum absolute atomic E-state index is 14.3. The summed E-state index contributed by atoms with van der Waals surface area (Å²) < 4.78 is 29.2. The van der Waals surface area contributed by atoms with Crippen LogP contribution in [0, 0.1) is 13.8 Å². The van der Waals surface area contributed by atoms with Crippen molar-refractivity contribution in [3.8, 4) is 0 Å². The summed E-state index contributed by atoms with van der Waals surface area (Å²) in [6, 6.07) is 28.9. The molecule has 0 radical (unpaired) electrons. The summed E-state index contributed by atoms with van der Waals surface area (Å²) in [7, 11) is -2.62. The van der Waals surface area contributed by atoms with Gasteiger partial charge in [0.25, 0.3) is 10.0 Å². The van der Waals surface area contributed by atoms with Crippen LogP contribution in [0.5, 0.6) is 0 Å². The molecule has 42 heavy (non-hydrogen) atoms. The molecule has 0 saturated carbocycles. The molecule has 0 aliphatic carbocycles. The van der Waals surface area contributed by atoms with E-state index in [2.05, 4.69) is 5.32 Å². The zero-order valence-electron chi connectivity index (χ0n) is 23.8. The highest BCUT2D eigenvalue weighted by atomic mass is 35.5. The third-order valence-electron chi connectivity index (χ3n) is 7.01. The van der Waals surface area contributed by atoms with E-state index in [0.29, 0.717) is 16.3 Å². The molecule has 0 bridgehead atoms. The van der Waals surface area contributed by atoms with Crippen molar-refractivity contribution in [3.63, 3.8) is 0 Å². The van der Waals surface area contributed by atoms with Gasteiger partial charge in [-0.05, 0) is 60.9 Å². The van der Waals surface area contributed by atoms with Gasteiger partial charge in [-0.2, -0.15) is 0 Å². The quantitative estimate of drug-likeness (QED) is 0.244. The van der Waals surface area contributed by atoms with Crippen LogP contribution < -0.4 is 9.62 Å². The topological polar surface area (TPSA) is 86.8 Å². The minimum absolute atomic E-state index is 0.0640. The molecular weight excluding hydrogens is 570 g/mol. The maximum Gasteiger partial charge on any atom is 0.264 e. The molecule has 0 aromatic heterocycles. The van der Waals surface area contributed by atoms with Crippen LogP contribution in [0.3, 0.4) is 0 Å². The second-order valence-corrected chi connectivity index (χ2v) is 12.4. The Kier molecular flexibility index (Phi) is 10.0. The van der Waals surface area contributed by atoms with Gasteiger partial charge in [0, 0.05) is 25.0 Å². The van der Waals surface area contributed by atoms with Gasteiger partial charge in [-0.3, -0.25) is 13.9 Å². The van der Waals surface area contributed by atoms with E-state index < -0.39 is 28.5 Å². The number of nitrogens with zero attached hydrogens (tertiary/aromatic N) is 2. The zero-order chi connectivity index (χ0) is 30.3. The number of rotatable bonds is 11. The first-order chi connectivity index (χ1) is 20.1. The van der Waals surface area contributed by atoms with Gasteiger partial charge in [0.2, 0.25) is 11.8 Å². The molecule has 0 heterocycles. The normalized spacial score (nSPS) is 11.9. The third kappa shape index (κ3) is 7.38. The van der Waals surface area contributed by atoms with Gasteiger partial charge in [-0.15, -0.1) is 0 Å². The summed E-state index contributed by atoms with van der Waals surface area (Å²) in [5.74, 6) is -0.876. The van der Waals surface area contributed by atoms with Gasteiger partial charge in [0.05, 0.1) is 10.6 Å². The van der Waals surface area contributed by atoms with Crippen molar-refractivity contribution in [1.82, 2.24) is 10.2 Å². The molecule has 1 atom stereocenters. The van der Waals surface area contributed by atoms with E-state index in [4.69, 9.17) is 11.6 Å². The Morgan fingerprint density at radius 1 is 0.833 bits per heavy atom. The first kappa shape index (κ1) is 30.8. The van der Waals surface area contributed by atoms with Crippen molar-refractivity contribution in [2.75, 3.05) is 17.9 Å². The van der Waals surface area contributed by atoms with E-state index in [9.17, 15) is 18.0 Å². The summed E-state index contributed by atoms with van der Waals surface area (Å²) in [5, 5.41) is 3.23. The van der Waals surface area contributed by atoms with Crippen molar-refractivity contribution < 1.29 is 18.0 Å². The molecule has 0 saturated heterocycles. The van der Waals surface area contributed by atoms with Crippen LogP contribution in [-0.2, 0) is 32.6 Å². The second-order valence-electron chi connectivity index (χ2n) is 10.1. The fourth-order valence-corrected chi connectivity index (χ4v) is 6.45. The standard InChI is InChI=1S/C33H34ClN3O4S/c1-24-14-19-30(25(2)20-24)37(42(40,41)29-12-8-5-9-13-29)23-32(38)36(22-27-15-17-28(34)18-16-27)31(33(39)35-3)21-26-10-6-4-7-11-26/h4-20,31H,21-23H2,1-3H3,(H,35,39)/t31-/m0/s1. The Hall–Kier alpha value is -4.14. The van der Waals surface area contributed by atoms with Crippen LogP contribution >= 0.6 is 11.6 Å². The highest BCUT2D eigenvalue weighted by molar-refractivity contribution is 7.92. The smallest absolute Gasteiger partial charge is 0.264 e. The first-order valence-electron chi connectivity index (χ1n) is 13.5. The Labute approximate surface area is 252 Å². The largest absolute Gasteiger partial charge is 0.357 e. The SMILES string of the molecule is CNC(=O)[C@H](Cc1ccccc1)N(Cc1ccc(Cl)cc1)C(=O)CN(c1ccc(C)cc1C)S(=O)(=O)c1ccccc1. The van der Waals surface area contributed by atoms with Gasteiger partial charge >= 0.3 is 0 Å². The number of nitrogens with one attached hydrogen (secondary N) is 1. The molecule has 0 aliphatic rings. The van der Waals surface area contributed by atoms with E-state index in [0.717, 1.165) is 21.0 Å². The Bertz CT molecular complexity index is 1630. The molecule has 0 unspecified atom stereocenters. The monoisotopic (exact) mass is 603 g/mol. The van der Waals surface area contributed by atoms with Crippen LogP contribution in [0.25, 0.3) is 0 Å². The lowest BCUT2D eigenvalue weighted by atomic mass is 10.0. The summed E-state index contributed by atoms with van der Waals surface area (Å²) in [6.07, 6.45) is 0.245. The van der Waals surface area contributed by atoms with Crippen molar-refractivity contribution in [1.29, 1.82) is 0 Å². The predicted molar refractivity (Wildman–Crippen MR) is 167 cm³/mol. The maximum atomic E-state index is 14.3. The van der Waals surface area contributed by atoms with E-state index in [1.165, 1.54) is 24.1 Å². The average Bonchev–Trinajstić information content (AvgIpc) is 2.99. The predicted octanol–water partition coefficient (Wildman–Crippen LogP) is 5.54. The lowest BCUT2D eigenvalue weighted by Gasteiger charge is -2.34. The van der Waals surface area contributed by atoms with Crippen molar-refractivity contribution in [3.05, 3.63) is 130 Å². The van der Waals surface area contributed by atoms with Crippen molar-refractivity contribution in [2.24, 2.45) is 0 Å². The minimum atomic E-state index is -4.14. The molecule has 7 nitrogen and oxygen atoms in total. The number of anilines is 1. The number of likely N-dealkylation sites (N-methyl/N-ethyl adjacent to an activating group) is 1. The number of hydrogen-bond acceptors (Lipinski definition) is 4. The van der Waals surface area contributed by atoms with E-state index in [-0.39, 0.29) is 23.8 Å². The van der Waals surface area contributed by atoms with Gasteiger partial charge in [-0.1, -0.05) is 90.0 Å². The Morgan fingerprint density at radius 2 is 1.45 bits per heavy atom. The second kappa shape index (κ2) is 13.7. The van der Waals surface area contributed by atoms with Crippen LogP contribution in [0.2, 0.25) is 5.02 Å². The van der Waals surface area contributed by atoms with Crippen molar-refractivity contribution >= 4 is 39.1 Å². The van der Waals surface area contributed by atoms with Gasteiger partial charge in [0.1, 0.15) is 12.6 Å². The summed E-state index contributed by atoms with van der Waals surface area (Å²) in [5.41, 5.74) is 3.68. The number of carbonyl (C=O) groups is 2. The third-order valence-corrected chi connectivity index (χ3v) is 9.04. The number of halogens is 1. The highest BCUT2D eigenvalue weighted by Crippen LogP contribution is 2.28. The molecule has 4 aromatic carbocycles. The molecule has 0 fully saturated rings. The number of hydrogen-bond donors (Lipinski definition) is 1. The van der Waals surface area contributed by atoms with Gasteiger partial charge in [0.15, 0.2) is 0 Å².